The second-order valence-corrected chi connectivity index (χ2v) is 5.16. The maximum atomic E-state index is 6.19. The summed E-state index contributed by atoms with van der Waals surface area (Å²) in [5, 5.41) is 0.676. The summed E-state index contributed by atoms with van der Waals surface area (Å²) in [6.07, 6.45) is 1.79. The number of aromatic nitrogens is 3. The molecule has 1 unspecified atom stereocenters. The molecule has 3 aromatic rings. The Morgan fingerprint density at radius 3 is 2.84 bits per heavy atom. The largest absolute Gasteiger partial charge is 0.329 e. The average Bonchev–Trinajstić information content (AvgIpc) is 2.77. The van der Waals surface area contributed by atoms with Crippen molar-refractivity contribution in [2.45, 2.75) is 13.0 Å². The second kappa shape index (κ2) is 4.79. The number of para-hydroxylation sites is 1. The van der Waals surface area contributed by atoms with E-state index in [0.717, 1.165) is 16.7 Å². The van der Waals surface area contributed by atoms with Crippen LogP contribution in [0.5, 0.6) is 0 Å². The number of halogens is 1. The van der Waals surface area contributed by atoms with Crippen LogP contribution in [0.15, 0.2) is 42.6 Å². The Bertz CT molecular complexity index is 776. The summed E-state index contributed by atoms with van der Waals surface area (Å²) in [5.41, 5.74) is 2.84. The van der Waals surface area contributed by atoms with Gasteiger partial charge in [-0.05, 0) is 43.4 Å². The molecule has 0 aliphatic carbocycles. The molecule has 5 heteroatoms. The van der Waals surface area contributed by atoms with Crippen molar-refractivity contribution in [3.05, 3.63) is 58.1 Å². The number of aromatic amines is 1. The van der Waals surface area contributed by atoms with Crippen molar-refractivity contribution >= 4 is 34.9 Å². The van der Waals surface area contributed by atoms with Crippen LogP contribution in [0, 0.1) is 4.77 Å². The van der Waals surface area contributed by atoms with E-state index in [1.165, 1.54) is 0 Å². The van der Waals surface area contributed by atoms with E-state index in [0.29, 0.717) is 9.79 Å². The van der Waals surface area contributed by atoms with Gasteiger partial charge >= 0.3 is 0 Å². The van der Waals surface area contributed by atoms with E-state index < -0.39 is 0 Å². The molecule has 96 valence electrons. The zero-order valence-electron chi connectivity index (χ0n) is 10.3. The Labute approximate surface area is 120 Å². The summed E-state index contributed by atoms with van der Waals surface area (Å²) in [6.45, 7) is 2.08. The number of imidazole rings is 1. The quantitative estimate of drug-likeness (QED) is 0.711. The monoisotopic (exact) mass is 289 g/mol. The summed E-state index contributed by atoms with van der Waals surface area (Å²) in [7, 11) is 0. The Kier molecular flexibility index (Phi) is 3.12. The molecule has 0 spiro atoms. The highest BCUT2D eigenvalue weighted by Crippen LogP contribution is 2.27. The number of fused-ring (bicyclic) bond motifs is 1. The topological polar surface area (TPSA) is 33.6 Å². The zero-order valence-corrected chi connectivity index (χ0v) is 11.9. The highest BCUT2D eigenvalue weighted by molar-refractivity contribution is 7.71. The van der Waals surface area contributed by atoms with Crippen LogP contribution in [0.3, 0.4) is 0 Å². The van der Waals surface area contributed by atoms with Crippen LogP contribution in [0.25, 0.3) is 11.0 Å². The van der Waals surface area contributed by atoms with Crippen molar-refractivity contribution in [2.75, 3.05) is 0 Å². The van der Waals surface area contributed by atoms with Gasteiger partial charge in [0.05, 0.1) is 27.8 Å². The number of nitrogens with zero attached hydrogens (tertiary/aromatic N) is 2. The van der Waals surface area contributed by atoms with Crippen LogP contribution in [-0.4, -0.2) is 14.5 Å². The van der Waals surface area contributed by atoms with Gasteiger partial charge in [-0.25, -0.2) is 0 Å². The van der Waals surface area contributed by atoms with Gasteiger partial charge < -0.3 is 9.55 Å². The fraction of sp³-hybridized carbons (Fsp3) is 0.143. The maximum Gasteiger partial charge on any atom is 0.178 e. The number of pyridine rings is 1. The predicted octanol–water partition coefficient (Wildman–Crippen LogP) is 4.36. The first-order chi connectivity index (χ1) is 9.18. The second-order valence-electron chi connectivity index (χ2n) is 4.36. The van der Waals surface area contributed by atoms with Crippen molar-refractivity contribution in [1.82, 2.24) is 14.5 Å². The minimum atomic E-state index is 0.0564. The van der Waals surface area contributed by atoms with E-state index in [9.17, 15) is 0 Å². The lowest BCUT2D eigenvalue weighted by Crippen LogP contribution is -2.08. The summed E-state index contributed by atoms with van der Waals surface area (Å²) in [4.78, 5) is 7.56. The van der Waals surface area contributed by atoms with E-state index in [2.05, 4.69) is 16.9 Å². The first-order valence-corrected chi connectivity index (χ1v) is 6.77. The third-order valence-corrected chi connectivity index (χ3v) is 3.82. The maximum absolute atomic E-state index is 6.19. The van der Waals surface area contributed by atoms with Gasteiger partial charge in [-0.1, -0.05) is 23.7 Å². The van der Waals surface area contributed by atoms with Gasteiger partial charge in [0, 0.05) is 6.20 Å². The third kappa shape index (κ3) is 2.07. The average molecular weight is 290 g/mol. The molecule has 0 aliphatic heterocycles. The Hall–Kier alpha value is -1.65. The van der Waals surface area contributed by atoms with E-state index >= 15 is 0 Å². The standard InChI is InChI=1S/C14H12ClN3S/c1-9(11-6-2-3-8-16-11)18-12-7-4-5-10(15)13(12)17-14(18)19/h2-9H,1H3,(H,17,19). The first-order valence-electron chi connectivity index (χ1n) is 5.98. The van der Waals surface area contributed by atoms with Crippen LogP contribution < -0.4 is 0 Å². The fourth-order valence-electron chi connectivity index (χ4n) is 2.25. The SMILES string of the molecule is CC(c1ccccn1)n1c(=S)[nH]c2c(Cl)cccc21. The zero-order chi connectivity index (χ0) is 13.4. The van der Waals surface area contributed by atoms with Gasteiger partial charge in [0.2, 0.25) is 0 Å². The minimum absolute atomic E-state index is 0.0564. The van der Waals surface area contributed by atoms with E-state index in [4.69, 9.17) is 23.8 Å². The van der Waals surface area contributed by atoms with Crippen LogP contribution >= 0.6 is 23.8 Å². The van der Waals surface area contributed by atoms with Gasteiger partial charge in [0.15, 0.2) is 4.77 Å². The molecule has 1 atom stereocenters. The summed E-state index contributed by atoms with van der Waals surface area (Å²) in [5.74, 6) is 0. The minimum Gasteiger partial charge on any atom is -0.329 e. The van der Waals surface area contributed by atoms with Gasteiger partial charge in [0.25, 0.3) is 0 Å². The van der Waals surface area contributed by atoms with Crippen LogP contribution in [0.1, 0.15) is 18.7 Å². The van der Waals surface area contributed by atoms with Gasteiger partial charge in [-0.3, -0.25) is 4.98 Å². The number of rotatable bonds is 2. The molecule has 0 saturated heterocycles. The number of hydrogen-bond acceptors (Lipinski definition) is 2. The molecular weight excluding hydrogens is 278 g/mol. The van der Waals surface area contributed by atoms with Crippen molar-refractivity contribution in [1.29, 1.82) is 0 Å². The van der Waals surface area contributed by atoms with E-state index in [1.807, 2.05) is 41.0 Å². The molecule has 2 aromatic heterocycles. The lowest BCUT2D eigenvalue weighted by Gasteiger charge is -2.13. The molecule has 3 nitrogen and oxygen atoms in total. The molecule has 2 heterocycles. The van der Waals surface area contributed by atoms with Crippen molar-refractivity contribution < 1.29 is 0 Å². The Balaban J connectivity index is 2.23. The highest BCUT2D eigenvalue weighted by atomic mass is 35.5. The number of nitrogens with one attached hydrogen (secondary N) is 1. The van der Waals surface area contributed by atoms with Gasteiger partial charge in [0.1, 0.15) is 0 Å². The third-order valence-electron chi connectivity index (χ3n) is 3.20. The lowest BCUT2D eigenvalue weighted by molar-refractivity contribution is 0.630. The van der Waals surface area contributed by atoms with Crippen molar-refractivity contribution in [3.63, 3.8) is 0 Å². The highest BCUT2D eigenvalue weighted by Gasteiger charge is 2.14. The predicted molar refractivity (Wildman–Crippen MR) is 80.2 cm³/mol. The molecule has 0 fully saturated rings. The molecule has 0 radical (unpaired) electrons. The lowest BCUT2D eigenvalue weighted by atomic mass is 10.2. The Morgan fingerprint density at radius 2 is 2.11 bits per heavy atom. The molecular formula is C14H12ClN3S. The smallest absolute Gasteiger partial charge is 0.178 e. The van der Waals surface area contributed by atoms with Crippen LogP contribution in [0.4, 0.5) is 0 Å². The first kappa shape index (κ1) is 12.4. The van der Waals surface area contributed by atoms with Crippen LogP contribution in [0.2, 0.25) is 5.02 Å². The summed E-state index contributed by atoms with van der Waals surface area (Å²) in [6, 6.07) is 11.7. The van der Waals surface area contributed by atoms with Gasteiger partial charge in [-0.2, -0.15) is 0 Å². The molecule has 0 aliphatic rings. The van der Waals surface area contributed by atoms with E-state index in [1.54, 1.807) is 6.20 Å². The molecule has 0 saturated carbocycles. The Morgan fingerprint density at radius 1 is 1.26 bits per heavy atom. The summed E-state index contributed by atoms with van der Waals surface area (Å²) >= 11 is 11.6. The molecule has 1 aromatic carbocycles. The van der Waals surface area contributed by atoms with Crippen molar-refractivity contribution in [3.8, 4) is 0 Å². The summed E-state index contributed by atoms with van der Waals surface area (Å²) < 4.78 is 2.69. The number of hydrogen-bond donors (Lipinski definition) is 1. The van der Waals surface area contributed by atoms with Crippen molar-refractivity contribution in [2.24, 2.45) is 0 Å². The number of H-pyrrole nitrogens is 1. The van der Waals surface area contributed by atoms with Crippen LogP contribution in [-0.2, 0) is 0 Å². The number of benzene rings is 1. The molecule has 0 bridgehead atoms. The molecule has 19 heavy (non-hydrogen) atoms. The molecule has 0 amide bonds. The normalized spacial score (nSPS) is 12.7. The molecule has 1 N–H and O–H groups in total. The fourth-order valence-corrected chi connectivity index (χ4v) is 2.83. The van der Waals surface area contributed by atoms with E-state index in [-0.39, 0.29) is 6.04 Å². The van der Waals surface area contributed by atoms with Gasteiger partial charge in [-0.15, -0.1) is 0 Å². The molecule has 3 rings (SSSR count).